The zero-order chi connectivity index (χ0) is 13.4. The van der Waals surface area contributed by atoms with Crippen molar-refractivity contribution in [1.29, 1.82) is 0 Å². The Morgan fingerprint density at radius 1 is 1.33 bits per heavy atom. The maximum Gasteiger partial charge on any atom is 0.340 e. The molecule has 2 aromatic rings. The number of carbonyl (C=O) groups excluding carboxylic acids is 1. The Morgan fingerprint density at radius 3 is 2.61 bits per heavy atom. The number of benzene rings is 1. The SMILES string of the molecule is COC(=O)c1cnc2c(F)c(F)cc(F)c2c1Cl. The van der Waals surface area contributed by atoms with Gasteiger partial charge in [0.1, 0.15) is 11.3 Å². The van der Waals surface area contributed by atoms with Gasteiger partial charge in [-0.05, 0) is 0 Å². The Morgan fingerprint density at radius 2 is 2.00 bits per heavy atom. The minimum atomic E-state index is -1.38. The number of ether oxygens (including phenoxy) is 1. The minimum absolute atomic E-state index is 0.225. The van der Waals surface area contributed by atoms with Gasteiger partial charge in [-0.1, -0.05) is 11.6 Å². The standard InChI is InChI=1S/C11H5ClF3NO2/c1-18-11(17)4-3-16-10-7(8(4)12)5(13)2-6(14)9(10)15/h2-3H,1H3. The zero-order valence-corrected chi connectivity index (χ0v) is 9.69. The number of nitrogens with zero attached hydrogens (tertiary/aromatic N) is 1. The summed E-state index contributed by atoms with van der Waals surface area (Å²) in [6.45, 7) is 0. The van der Waals surface area contributed by atoms with Crippen LogP contribution in [0.4, 0.5) is 13.2 Å². The molecule has 1 aromatic heterocycles. The first-order chi connectivity index (χ1) is 8.47. The molecule has 0 unspecified atom stereocenters. The van der Waals surface area contributed by atoms with Crippen LogP contribution in [0.5, 0.6) is 0 Å². The van der Waals surface area contributed by atoms with Gasteiger partial charge in [0.2, 0.25) is 0 Å². The summed E-state index contributed by atoms with van der Waals surface area (Å²) in [6, 6.07) is 0.340. The summed E-state index contributed by atoms with van der Waals surface area (Å²) in [5.74, 6) is -4.66. The summed E-state index contributed by atoms with van der Waals surface area (Å²) in [6.07, 6.45) is 0.901. The molecule has 0 saturated heterocycles. The van der Waals surface area contributed by atoms with E-state index in [1.54, 1.807) is 0 Å². The molecule has 0 aliphatic carbocycles. The first-order valence-corrected chi connectivity index (χ1v) is 5.05. The normalized spacial score (nSPS) is 10.7. The maximum absolute atomic E-state index is 13.6. The smallest absolute Gasteiger partial charge is 0.340 e. The van der Waals surface area contributed by atoms with E-state index in [0.29, 0.717) is 6.07 Å². The lowest BCUT2D eigenvalue weighted by Gasteiger charge is -2.07. The van der Waals surface area contributed by atoms with E-state index in [4.69, 9.17) is 11.6 Å². The largest absolute Gasteiger partial charge is 0.465 e. The van der Waals surface area contributed by atoms with Crippen molar-refractivity contribution in [3.63, 3.8) is 0 Å². The Labute approximate surface area is 104 Å². The zero-order valence-electron chi connectivity index (χ0n) is 8.93. The quantitative estimate of drug-likeness (QED) is 0.593. The number of pyridine rings is 1. The van der Waals surface area contributed by atoms with E-state index < -0.39 is 34.3 Å². The first kappa shape index (κ1) is 12.6. The summed E-state index contributed by atoms with van der Waals surface area (Å²) < 4.78 is 44.3. The molecule has 0 amide bonds. The van der Waals surface area contributed by atoms with Crippen LogP contribution in [-0.2, 0) is 4.74 Å². The molecule has 3 nitrogen and oxygen atoms in total. The topological polar surface area (TPSA) is 39.2 Å². The van der Waals surface area contributed by atoms with Gasteiger partial charge in [0.05, 0.1) is 23.1 Å². The lowest BCUT2D eigenvalue weighted by molar-refractivity contribution is 0.0600. The fourth-order valence-electron chi connectivity index (χ4n) is 1.49. The van der Waals surface area contributed by atoms with Crippen molar-refractivity contribution in [3.05, 3.63) is 40.3 Å². The Balaban J connectivity index is 2.87. The molecular weight excluding hydrogens is 271 g/mol. The summed E-state index contributed by atoms with van der Waals surface area (Å²) in [5.41, 5.74) is -0.804. The number of fused-ring (bicyclic) bond motifs is 1. The van der Waals surface area contributed by atoms with Crippen molar-refractivity contribution in [2.24, 2.45) is 0 Å². The van der Waals surface area contributed by atoms with Gasteiger partial charge >= 0.3 is 5.97 Å². The Hall–Kier alpha value is -1.82. The van der Waals surface area contributed by atoms with E-state index in [-0.39, 0.29) is 10.6 Å². The second kappa shape index (κ2) is 4.45. The molecule has 0 spiro atoms. The van der Waals surface area contributed by atoms with Crippen LogP contribution in [0.3, 0.4) is 0 Å². The van der Waals surface area contributed by atoms with Crippen molar-refractivity contribution in [2.75, 3.05) is 7.11 Å². The third-order valence-electron chi connectivity index (χ3n) is 2.33. The highest BCUT2D eigenvalue weighted by Crippen LogP contribution is 2.31. The molecule has 0 N–H and O–H groups in total. The van der Waals surface area contributed by atoms with Gasteiger partial charge in [0.15, 0.2) is 11.6 Å². The van der Waals surface area contributed by atoms with Crippen LogP contribution < -0.4 is 0 Å². The van der Waals surface area contributed by atoms with Gasteiger partial charge in [-0.25, -0.2) is 18.0 Å². The molecule has 94 valence electrons. The average molecular weight is 276 g/mol. The van der Waals surface area contributed by atoms with Gasteiger partial charge in [0, 0.05) is 12.3 Å². The maximum atomic E-state index is 13.6. The molecule has 0 aliphatic rings. The first-order valence-electron chi connectivity index (χ1n) is 4.67. The highest BCUT2D eigenvalue weighted by atomic mass is 35.5. The van der Waals surface area contributed by atoms with E-state index in [9.17, 15) is 18.0 Å². The third kappa shape index (κ3) is 1.78. The van der Waals surface area contributed by atoms with E-state index in [1.165, 1.54) is 0 Å². The van der Waals surface area contributed by atoms with Crippen LogP contribution in [-0.4, -0.2) is 18.1 Å². The van der Waals surface area contributed by atoms with Crippen LogP contribution >= 0.6 is 11.6 Å². The highest BCUT2D eigenvalue weighted by molar-refractivity contribution is 6.38. The van der Waals surface area contributed by atoms with Crippen molar-refractivity contribution < 1.29 is 22.7 Å². The molecule has 0 bridgehead atoms. The molecule has 1 aromatic carbocycles. The molecular formula is C11H5ClF3NO2. The fraction of sp³-hybridized carbons (Fsp3) is 0.0909. The van der Waals surface area contributed by atoms with Gasteiger partial charge in [-0.2, -0.15) is 0 Å². The van der Waals surface area contributed by atoms with Crippen molar-refractivity contribution in [3.8, 4) is 0 Å². The molecule has 18 heavy (non-hydrogen) atoms. The number of hydrogen-bond acceptors (Lipinski definition) is 3. The number of esters is 1. The lowest BCUT2D eigenvalue weighted by Crippen LogP contribution is -2.05. The summed E-state index contributed by atoms with van der Waals surface area (Å²) >= 11 is 5.77. The molecule has 0 fully saturated rings. The van der Waals surface area contributed by atoms with E-state index in [1.807, 2.05) is 0 Å². The average Bonchev–Trinajstić information content (AvgIpc) is 2.34. The number of rotatable bonds is 1. The summed E-state index contributed by atoms with van der Waals surface area (Å²) in [7, 11) is 1.10. The van der Waals surface area contributed by atoms with Gasteiger partial charge in [-0.3, -0.25) is 4.98 Å². The van der Waals surface area contributed by atoms with E-state index >= 15 is 0 Å². The number of hydrogen-bond donors (Lipinski definition) is 0. The molecule has 2 rings (SSSR count). The molecule has 0 saturated carbocycles. The van der Waals surface area contributed by atoms with Crippen LogP contribution in [0.1, 0.15) is 10.4 Å². The van der Waals surface area contributed by atoms with Crippen LogP contribution in [0.25, 0.3) is 10.9 Å². The van der Waals surface area contributed by atoms with E-state index in [2.05, 4.69) is 9.72 Å². The minimum Gasteiger partial charge on any atom is -0.465 e. The van der Waals surface area contributed by atoms with Gasteiger partial charge < -0.3 is 4.74 Å². The molecule has 0 atom stereocenters. The van der Waals surface area contributed by atoms with Gasteiger partial charge in [-0.15, -0.1) is 0 Å². The van der Waals surface area contributed by atoms with Crippen LogP contribution in [0.2, 0.25) is 5.02 Å². The monoisotopic (exact) mass is 275 g/mol. The van der Waals surface area contributed by atoms with Crippen molar-refractivity contribution >= 4 is 28.5 Å². The number of methoxy groups -OCH3 is 1. The number of aromatic nitrogens is 1. The fourth-order valence-corrected chi connectivity index (χ4v) is 1.79. The molecule has 1 heterocycles. The lowest BCUT2D eigenvalue weighted by atomic mass is 10.1. The summed E-state index contributed by atoms with van der Waals surface area (Å²) in [5, 5.41) is -0.832. The molecule has 7 heteroatoms. The van der Waals surface area contributed by atoms with Crippen molar-refractivity contribution in [2.45, 2.75) is 0 Å². The van der Waals surface area contributed by atoms with Crippen LogP contribution in [0, 0.1) is 17.5 Å². The van der Waals surface area contributed by atoms with Crippen LogP contribution in [0.15, 0.2) is 12.3 Å². The molecule has 0 radical (unpaired) electrons. The predicted molar refractivity (Wildman–Crippen MR) is 58.0 cm³/mol. The Bertz CT molecular complexity index is 661. The van der Waals surface area contributed by atoms with Gasteiger partial charge in [0.25, 0.3) is 0 Å². The van der Waals surface area contributed by atoms with Crippen molar-refractivity contribution in [1.82, 2.24) is 4.98 Å². The second-order valence-electron chi connectivity index (χ2n) is 3.36. The second-order valence-corrected chi connectivity index (χ2v) is 3.73. The predicted octanol–water partition coefficient (Wildman–Crippen LogP) is 3.09. The van der Waals surface area contributed by atoms with E-state index in [0.717, 1.165) is 13.3 Å². The highest BCUT2D eigenvalue weighted by Gasteiger charge is 2.21. The number of halogens is 4. The third-order valence-corrected chi connectivity index (χ3v) is 2.72. The molecule has 0 aliphatic heterocycles. The Kier molecular flexibility index (Phi) is 3.13. The number of carbonyl (C=O) groups is 1. The summed E-state index contributed by atoms with van der Waals surface area (Å²) in [4.78, 5) is 14.8.